The maximum atomic E-state index is 5.19. The van der Waals surface area contributed by atoms with Crippen LogP contribution in [0.25, 0.3) is 0 Å². The minimum Gasteiger partial charge on any atom is -0.497 e. The molecule has 0 saturated carbocycles. The summed E-state index contributed by atoms with van der Waals surface area (Å²) in [6, 6.07) is 7.81. The molecule has 1 aromatic carbocycles. The van der Waals surface area contributed by atoms with Gasteiger partial charge in [0.15, 0.2) is 0 Å². The van der Waals surface area contributed by atoms with Crippen LogP contribution in [0.3, 0.4) is 0 Å². The minimum atomic E-state index is 0.835. The first-order valence-electron chi connectivity index (χ1n) is 5.67. The van der Waals surface area contributed by atoms with Crippen LogP contribution in [0.2, 0.25) is 0 Å². The molecule has 2 rings (SSSR count). The number of anilines is 2. The number of imidazole rings is 1. The van der Waals surface area contributed by atoms with Crippen molar-refractivity contribution in [2.75, 3.05) is 12.4 Å². The highest BCUT2D eigenvalue weighted by Crippen LogP contribution is 2.20. The van der Waals surface area contributed by atoms with Gasteiger partial charge in [-0.15, -0.1) is 0 Å². The number of nitrogens with zero attached hydrogens (tertiary/aromatic N) is 2. The Morgan fingerprint density at radius 1 is 1.41 bits per heavy atom. The molecule has 0 bridgehead atoms. The molecular weight excluding hydrogens is 214 g/mol. The highest BCUT2D eigenvalue weighted by atomic mass is 16.5. The van der Waals surface area contributed by atoms with E-state index in [1.54, 1.807) is 7.11 Å². The molecule has 0 radical (unpaired) electrons. The Morgan fingerprint density at radius 3 is 2.94 bits per heavy atom. The zero-order valence-electron chi connectivity index (χ0n) is 10.4. The average Bonchev–Trinajstić information content (AvgIpc) is 2.69. The Hall–Kier alpha value is -1.97. The first kappa shape index (κ1) is 11.5. The lowest BCUT2D eigenvalue weighted by Gasteiger charge is -2.08. The van der Waals surface area contributed by atoms with Gasteiger partial charge in [-0.2, -0.15) is 0 Å². The maximum absolute atomic E-state index is 5.19. The summed E-state index contributed by atoms with van der Waals surface area (Å²) < 4.78 is 7.27. The topological polar surface area (TPSA) is 39.1 Å². The molecule has 0 unspecified atom stereocenters. The molecule has 0 spiro atoms. The van der Waals surface area contributed by atoms with Crippen LogP contribution < -0.4 is 10.1 Å². The lowest BCUT2D eigenvalue weighted by atomic mass is 10.3. The van der Waals surface area contributed by atoms with Crippen molar-refractivity contribution in [3.05, 3.63) is 36.2 Å². The van der Waals surface area contributed by atoms with Gasteiger partial charge in [-0.05, 0) is 26.0 Å². The molecule has 0 aliphatic carbocycles. The summed E-state index contributed by atoms with van der Waals surface area (Å²) in [6.07, 6.45) is 2.03. The maximum Gasteiger partial charge on any atom is 0.207 e. The lowest BCUT2D eigenvalue weighted by molar-refractivity contribution is 0.415. The zero-order chi connectivity index (χ0) is 12.3. The molecule has 17 heavy (non-hydrogen) atoms. The van der Waals surface area contributed by atoms with Crippen molar-refractivity contribution in [2.45, 2.75) is 20.4 Å². The van der Waals surface area contributed by atoms with Gasteiger partial charge >= 0.3 is 0 Å². The quantitative estimate of drug-likeness (QED) is 0.879. The van der Waals surface area contributed by atoms with Crippen molar-refractivity contribution in [3.63, 3.8) is 0 Å². The zero-order valence-corrected chi connectivity index (χ0v) is 10.4. The van der Waals surface area contributed by atoms with Gasteiger partial charge in [0.25, 0.3) is 0 Å². The third-order valence-electron chi connectivity index (χ3n) is 2.56. The van der Waals surface area contributed by atoms with Gasteiger partial charge in [0.05, 0.1) is 12.8 Å². The highest BCUT2D eigenvalue weighted by molar-refractivity contribution is 5.56. The molecule has 1 aromatic heterocycles. The van der Waals surface area contributed by atoms with E-state index < -0.39 is 0 Å². The third kappa shape index (κ3) is 2.58. The van der Waals surface area contributed by atoms with Crippen LogP contribution in [0.4, 0.5) is 11.6 Å². The molecule has 0 atom stereocenters. The van der Waals surface area contributed by atoms with Crippen molar-refractivity contribution in [1.29, 1.82) is 0 Å². The Labute approximate surface area is 101 Å². The fourth-order valence-corrected chi connectivity index (χ4v) is 1.72. The summed E-state index contributed by atoms with van der Waals surface area (Å²) in [5.74, 6) is 1.69. The molecule has 0 aliphatic rings. The molecule has 0 aliphatic heterocycles. The van der Waals surface area contributed by atoms with E-state index in [2.05, 4.69) is 21.8 Å². The Morgan fingerprint density at radius 2 is 2.24 bits per heavy atom. The number of benzene rings is 1. The van der Waals surface area contributed by atoms with Crippen molar-refractivity contribution in [2.24, 2.45) is 0 Å². The summed E-state index contributed by atoms with van der Waals surface area (Å²) in [5, 5.41) is 3.29. The Bertz CT molecular complexity index is 505. The second-order valence-electron chi connectivity index (χ2n) is 3.85. The summed E-state index contributed by atoms with van der Waals surface area (Å²) in [6.45, 7) is 4.98. The number of hydrogen-bond acceptors (Lipinski definition) is 3. The van der Waals surface area contributed by atoms with Crippen molar-refractivity contribution in [3.8, 4) is 5.75 Å². The first-order valence-corrected chi connectivity index (χ1v) is 5.67. The second-order valence-corrected chi connectivity index (χ2v) is 3.85. The third-order valence-corrected chi connectivity index (χ3v) is 2.56. The van der Waals surface area contributed by atoms with Crippen molar-refractivity contribution >= 4 is 11.6 Å². The van der Waals surface area contributed by atoms with Gasteiger partial charge in [0, 0.05) is 24.5 Å². The summed E-state index contributed by atoms with van der Waals surface area (Å²) >= 11 is 0. The number of aromatic nitrogens is 2. The van der Waals surface area contributed by atoms with Crippen LogP contribution in [0, 0.1) is 6.92 Å². The first-order chi connectivity index (χ1) is 8.22. The van der Waals surface area contributed by atoms with Crippen LogP contribution in [-0.4, -0.2) is 16.7 Å². The standard InChI is InChI=1S/C13H17N3O/c1-4-16-9-10(2)14-13(16)15-11-6-5-7-12(8-11)17-3/h5-9H,4H2,1-3H3,(H,14,15). The van der Waals surface area contributed by atoms with E-state index in [4.69, 9.17) is 4.74 Å². The monoisotopic (exact) mass is 231 g/mol. The molecule has 2 aromatic rings. The Kier molecular flexibility index (Phi) is 3.32. The molecule has 0 saturated heterocycles. The summed E-state index contributed by atoms with van der Waals surface area (Å²) in [7, 11) is 1.66. The largest absolute Gasteiger partial charge is 0.497 e. The SMILES string of the molecule is CCn1cc(C)nc1Nc1cccc(OC)c1. The fraction of sp³-hybridized carbons (Fsp3) is 0.308. The van der Waals surface area contributed by atoms with Crippen LogP contribution in [0.1, 0.15) is 12.6 Å². The molecule has 4 heteroatoms. The Balaban J connectivity index is 2.24. The van der Waals surface area contributed by atoms with E-state index in [0.29, 0.717) is 0 Å². The lowest BCUT2D eigenvalue weighted by Crippen LogP contribution is -2.01. The van der Waals surface area contributed by atoms with Gasteiger partial charge in [-0.1, -0.05) is 6.07 Å². The number of nitrogens with one attached hydrogen (secondary N) is 1. The van der Waals surface area contributed by atoms with E-state index in [1.165, 1.54) is 0 Å². The van der Waals surface area contributed by atoms with Gasteiger partial charge in [0.1, 0.15) is 5.75 Å². The minimum absolute atomic E-state index is 0.835. The molecule has 1 N–H and O–H groups in total. The predicted octanol–water partition coefficient (Wildman–Crippen LogP) is 2.96. The molecule has 90 valence electrons. The normalized spacial score (nSPS) is 10.3. The van der Waals surface area contributed by atoms with E-state index in [9.17, 15) is 0 Å². The number of hydrogen-bond donors (Lipinski definition) is 1. The van der Waals surface area contributed by atoms with Gasteiger partial charge < -0.3 is 14.6 Å². The van der Waals surface area contributed by atoms with Crippen LogP contribution in [0.5, 0.6) is 5.75 Å². The summed E-state index contributed by atoms with van der Waals surface area (Å²) in [5.41, 5.74) is 1.99. The predicted molar refractivity (Wildman–Crippen MR) is 68.9 cm³/mol. The van der Waals surface area contributed by atoms with E-state index in [-0.39, 0.29) is 0 Å². The van der Waals surface area contributed by atoms with Crippen LogP contribution in [-0.2, 0) is 6.54 Å². The number of aryl methyl sites for hydroxylation is 2. The van der Waals surface area contributed by atoms with Crippen molar-refractivity contribution < 1.29 is 4.74 Å². The molecule has 1 heterocycles. The van der Waals surface area contributed by atoms with Crippen molar-refractivity contribution in [1.82, 2.24) is 9.55 Å². The molecular formula is C13H17N3O. The fourth-order valence-electron chi connectivity index (χ4n) is 1.72. The van der Waals surface area contributed by atoms with E-state index >= 15 is 0 Å². The number of methoxy groups -OCH3 is 1. The van der Waals surface area contributed by atoms with Gasteiger partial charge in [-0.3, -0.25) is 0 Å². The van der Waals surface area contributed by atoms with E-state index in [1.807, 2.05) is 37.4 Å². The molecule has 4 nitrogen and oxygen atoms in total. The molecule has 0 amide bonds. The van der Waals surface area contributed by atoms with E-state index in [0.717, 1.165) is 29.6 Å². The number of rotatable bonds is 4. The average molecular weight is 231 g/mol. The molecule has 0 fully saturated rings. The van der Waals surface area contributed by atoms with Crippen LogP contribution >= 0.6 is 0 Å². The second kappa shape index (κ2) is 4.91. The van der Waals surface area contributed by atoms with Gasteiger partial charge in [-0.25, -0.2) is 4.98 Å². The van der Waals surface area contributed by atoms with Crippen LogP contribution in [0.15, 0.2) is 30.5 Å². The van der Waals surface area contributed by atoms with Gasteiger partial charge in [0.2, 0.25) is 5.95 Å². The smallest absolute Gasteiger partial charge is 0.207 e. The highest BCUT2D eigenvalue weighted by Gasteiger charge is 2.04. The number of ether oxygens (including phenoxy) is 1. The summed E-state index contributed by atoms with van der Waals surface area (Å²) in [4.78, 5) is 4.44.